The molecule has 0 aromatic heterocycles. The highest BCUT2D eigenvalue weighted by atomic mass is 32.2. The maximum absolute atomic E-state index is 11.5. The third kappa shape index (κ3) is 5.01. The molecule has 0 aliphatic carbocycles. The zero-order chi connectivity index (χ0) is 19.4. The Balaban J connectivity index is 1.55. The summed E-state index contributed by atoms with van der Waals surface area (Å²) >= 11 is 0. The molecule has 2 aromatic rings. The van der Waals surface area contributed by atoms with Crippen molar-refractivity contribution in [2.45, 2.75) is 17.7 Å². The summed E-state index contributed by atoms with van der Waals surface area (Å²) in [6.07, 6.45) is 1.97. The first-order valence-electron chi connectivity index (χ1n) is 8.84. The number of amides is 1. The van der Waals surface area contributed by atoms with Crippen LogP contribution in [0.25, 0.3) is 11.1 Å². The Kier molecular flexibility index (Phi) is 5.70. The predicted octanol–water partition coefficient (Wildman–Crippen LogP) is 3.53. The van der Waals surface area contributed by atoms with Gasteiger partial charge in [0.2, 0.25) is 0 Å². The molecule has 1 heterocycles. The lowest BCUT2D eigenvalue weighted by molar-refractivity contribution is 0.111. The van der Waals surface area contributed by atoms with Crippen LogP contribution in [0.1, 0.15) is 12.8 Å². The first kappa shape index (κ1) is 19.2. The monoisotopic (exact) mass is 389 g/mol. The number of likely N-dealkylation sites (tertiary alicyclic amines) is 1. The normalized spacial score (nSPS) is 15.5. The van der Waals surface area contributed by atoms with Gasteiger partial charge in [-0.25, -0.2) is 13.2 Å². The largest absolute Gasteiger partial charge is 0.493 e. The second kappa shape index (κ2) is 8.00. The fourth-order valence-electron chi connectivity index (χ4n) is 3.14. The Bertz CT molecular complexity index is 883. The highest BCUT2D eigenvalue weighted by molar-refractivity contribution is 7.90. The molecule has 0 radical (unpaired) electrons. The number of sulfone groups is 1. The minimum Gasteiger partial charge on any atom is -0.493 e. The standard InChI is InChI=1S/C20H23NO5S/c1-27(24,25)19-8-4-17(5-9-19)16-2-6-18(7-3-16)26-14-15-10-12-21(13-11-15)20(22)23/h2-9,15H,10-14H2,1H3,(H,22,23). The maximum atomic E-state index is 11.5. The van der Waals surface area contributed by atoms with Gasteiger partial charge in [0.05, 0.1) is 11.5 Å². The lowest BCUT2D eigenvalue weighted by Crippen LogP contribution is -2.38. The van der Waals surface area contributed by atoms with Crippen molar-refractivity contribution >= 4 is 15.9 Å². The quantitative estimate of drug-likeness (QED) is 0.846. The SMILES string of the molecule is CS(=O)(=O)c1ccc(-c2ccc(OCC3CCN(C(=O)O)CC3)cc2)cc1. The molecule has 1 aliphatic rings. The topological polar surface area (TPSA) is 83.9 Å². The first-order chi connectivity index (χ1) is 12.8. The summed E-state index contributed by atoms with van der Waals surface area (Å²) < 4.78 is 28.9. The van der Waals surface area contributed by atoms with E-state index in [0.29, 0.717) is 30.5 Å². The maximum Gasteiger partial charge on any atom is 0.407 e. The predicted molar refractivity (Wildman–Crippen MR) is 103 cm³/mol. The fourth-order valence-corrected chi connectivity index (χ4v) is 3.77. The van der Waals surface area contributed by atoms with Crippen LogP contribution in [0.4, 0.5) is 4.79 Å². The van der Waals surface area contributed by atoms with Crippen LogP contribution in [0.5, 0.6) is 5.75 Å². The fraction of sp³-hybridized carbons (Fsp3) is 0.350. The molecule has 0 spiro atoms. The van der Waals surface area contributed by atoms with Gasteiger partial charge in [-0.1, -0.05) is 24.3 Å². The molecule has 0 bridgehead atoms. The van der Waals surface area contributed by atoms with Crippen LogP contribution in [0.15, 0.2) is 53.4 Å². The zero-order valence-electron chi connectivity index (χ0n) is 15.2. The van der Waals surface area contributed by atoms with Crippen LogP contribution < -0.4 is 4.74 Å². The molecule has 3 rings (SSSR count). The summed E-state index contributed by atoms with van der Waals surface area (Å²) in [5, 5.41) is 8.97. The van der Waals surface area contributed by atoms with Gasteiger partial charge >= 0.3 is 6.09 Å². The van der Waals surface area contributed by atoms with E-state index < -0.39 is 15.9 Å². The van der Waals surface area contributed by atoms with Gasteiger partial charge in [0.15, 0.2) is 9.84 Å². The number of carboxylic acid groups (broad SMARTS) is 1. The Morgan fingerprint density at radius 3 is 2.04 bits per heavy atom. The van der Waals surface area contributed by atoms with E-state index in [9.17, 15) is 13.2 Å². The molecule has 7 heteroatoms. The third-order valence-electron chi connectivity index (χ3n) is 4.84. The van der Waals surface area contributed by atoms with Gasteiger partial charge in [-0.2, -0.15) is 0 Å². The molecule has 27 heavy (non-hydrogen) atoms. The van der Waals surface area contributed by atoms with Gasteiger partial charge in [-0.05, 0) is 54.2 Å². The van der Waals surface area contributed by atoms with Crippen LogP contribution in [0.2, 0.25) is 0 Å². The van der Waals surface area contributed by atoms with Crippen molar-refractivity contribution < 1.29 is 23.1 Å². The molecule has 0 saturated carbocycles. The van der Waals surface area contributed by atoms with Crippen LogP contribution >= 0.6 is 0 Å². The van der Waals surface area contributed by atoms with E-state index in [0.717, 1.165) is 29.7 Å². The molecule has 1 amide bonds. The zero-order valence-corrected chi connectivity index (χ0v) is 16.0. The number of hydrogen-bond acceptors (Lipinski definition) is 4. The van der Waals surface area contributed by atoms with Crippen molar-refractivity contribution in [3.05, 3.63) is 48.5 Å². The molecular weight excluding hydrogens is 366 g/mol. The smallest absolute Gasteiger partial charge is 0.407 e. The number of benzene rings is 2. The van der Waals surface area contributed by atoms with Crippen molar-refractivity contribution in [3.8, 4) is 16.9 Å². The van der Waals surface area contributed by atoms with Crippen molar-refractivity contribution in [2.24, 2.45) is 5.92 Å². The molecular formula is C20H23NO5S. The van der Waals surface area contributed by atoms with E-state index >= 15 is 0 Å². The summed E-state index contributed by atoms with van der Waals surface area (Å²) in [7, 11) is -3.19. The van der Waals surface area contributed by atoms with E-state index in [2.05, 4.69) is 0 Å². The van der Waals surface area contributed by atoms with Crippen LogP contribution in [0.3, 0.4) is 0 Å². The van der Waals surface area contributed by atoms with Crippen LogP contribution in [0, 0.1) is 5.92 Å². The van der Waals surface area contributed by atoms with Crippen LogP contribution in [-0.4, -0.2) is 50.5 Å². The molecule has 1 fully saturated rings. The highest BCUT2D eigenvalue weighted by Gasteiger charge is 2.22. The highest BCUT2D eigenvalue weighted by Crippen LogP contribution is 2.25. The van der Waals surface area contributed by atoms with Gasteiger partial charge in [-0.15, -0.1) is 0 Å². The van der Waals surface area contributed by atoms with Crippen molar-refractivity contribution in [1.29, 1.82) is 0 Å². The second-order valence-corrected chi connectivity index (χ2v) is 8.86. The Hall–Kier alpha value is -2.54. The number of piperidine rings is 1. The minimum absolute atomic E-state index is 0.306. The van der Waals surface area contributed by atoms with Crippen molar-refractivity contribution in [2.75, 3.05) is 26.0 Å². The summed E-state index contributed by atoms with van der Waals surface area (Å²) in [6.45, 7) is 1.70. The van der Waals surface area contributed by atoms with Gasteiger partial charge < -0.3 is 14.7 Å². The van der Waals surface area contributed by atoms with Gasteiger partial charge in [0.25, 0.3) is 0 Å². The van der Waals surface area contributed by atoms with E-state index in [1.807, 2.05) is 24.3 Å². The molecule has 1 saturated heterocycles. The lowest BCUT2D eigenvalue weighted by atomic mass is 9.98. The average molecular weight is 389 g/mol. The van der Waals surface area contributed by atoms with E-state index in [1.54, 1.807) is 24.3 Å². The molecule has 0 unspecified atom stereocenters. The molecule has 6 nitrogen and oxygen atoms in total. The van der Waals surface area contributed by atoms with Gasteiger partial charge in [-0.3, -0.25) is 0 Å². The number of hydrogen-bond donors (Lipinski definition) is 1. The lowest BCUT2D eigenvalue weighted by Gasteiger charge is -2.29. The summed E-state index contributed by atoms with van der Waals surface area (Å²) in [5.74, 6) is 1.14. The molecule has 1 aliphatic heterocycles. The number of ether oxygens (including phenoxy) is 1. The minimum atomic E-state index is -3.19. The van der Waals surface area contributed by atoms with Gasteiger partial charge in [0, 0.05) is 19.3 Å². The third-order valence-corrected chi connectivity index (χ3v) is 5.97. The van der Waals surface area contributed by atoms with Crippen molar-refractivity contribution in [3.63, 3.8) is 0 Å². The summed E-state index contributed by atoms with van der Waals surface area (Å²) in [4.78, 5) is 12.7. The number of rotatable bonds is 5. The molecule has 2 aromatic carbocycles. The number of nitrogens with zero attached hydrogens (tertiary/aromatic N) is 1. The Morgan fingerprint density at radius 1 is 1.04 bits per heavy atom. The average Bonchev–Trinajstić information content (AvgIpc) is 2.66. The Labute approximate surface area is 159 Å². The molecule has 1 N–H and O–H groups in total. The van der Waals surface area contributed by atoms with E-state index in [-0.39, 0.29) is 0 Å². The number of carbonyl (C=O) groups is 1. The van der Waals surface area contributed by atoms with Gasteiger partial charge in [0.1, 0.15) is 5.75 Å². The van der Waals surface area contributed by atoms with Crippen molar-refractivity contribution in [1.82, 2.24) is 4.90 Å². The molecule has 144 valence electrons. The first-order valence-corrected chi connectivity index (χ1v) is 10.7. The van der Waals surface area contributed by atoms with Crippen LogP contribution in [-0.2, 0) is 9.84 Å². The van der Waals surface area contributed by atoms with E-state index in [4.69, 9.17) is 9.84 Å². The second-order valence-electron chi connectivity index (χ2n) is 6.84. The summed E-state index contributed by atoms with van der Waals surface area (Å²) in [5.41, 5.74) is 1.92. The molecule has 0 atom stereocenters. The van der Waals surface area contributed by atoms with E-state index in [1.165, 1.54) is 11.2 Å². The summed E-state index contributed by atoms with van der Waals surface area (Å²) in [6, 6.07) is 14.5. The Morgan fingerprint density at radius 2 is 1.56 bits per heavy atom.